The number of hydrogen-bond acceptors (Lipinski definition) is 4. The lowest BCUT2D eigenvalue weighted by atomic mass is 10.3. The first-order valence-electron chi connectivity index (χ1n) is 7.51. The maximum atomic E-state index is 12.3. The smallest absolute Gasteiger partial charge is 0.237 e. The maximum absolute atomic E-state index is 12.3. The Kier molecular flexibility index (Phi) is 8.27. The highest BCUT2D eigenvalue weighted by atomic mass is 32.2. The van der Waals surface area contributed by atoms with Crippen LogP contribution < -0.4 is 10.1 Å². The molecule has 0 spiro atoms. The van der Waals surface area contributed by atoms with Gasteiger partial charge in [0.05, 0.1) is 17.5 Å². The number of amides is 1. The summed E-state index contributed by atoms with van der Waals surface area (Å²) in [6.45, 7) is 10.1. The van der Waals surface area contributed by atoms with Crippen LogP contribution in [0.3, 0.4) is 0 Å². The van der Waals surface area contributed by atoms with Gasteiger partial charge in [-0.2, -0.15) is 0 Å². The number of carbonyl (C=O) groups excluding carboxylic acids is 1. The number of para-hydroxylation sites is 2. The first kappa shape index (κ1) is 18.8. The zero-order valence-corrected chi connectivity index (χ0v) is 15.2. The third-order valence-electron chi connectivity index (χ3n) is 3.11. The van der Waals surface area contributed by atoms with Gasteiger partial charge in [-0.3, -0.25) is 4.79 Å². The van der Waals surface area contributed by atoms with Crippen molar-refractivity contribution in [1.29, 1.82) is 0 Å². The molecule has 1 aromatic rings. The average molecular weight is 341 g/mol. The molecule has 22 heavy (non-hydrogen) atoms. The van der Waals surface area contributed by atoms with Gasteiger partial charge in [0.15, 0.2) is 0 Å². The lowest BCUT2D eigenvalue weighted by molar-refractivity contribution is -0.115. The molecule has 0 saturated heterocycles. The molecule has 0 aromatic heterocycles. The van der Waals surface area contributed by atoms with Gasteiger partial charge >= 0.3 is 0 Å². The van der Waals surface area contributed by atoms with Gasteiger partial charge in [0.25, 0.3) is 0 Å². The van der Waals surface area contributed by atoms with Crippen molar-refractivity contribution >= 4 is 39.9 Å². The van der Waals surface area contributed by atoms with E-state index in [0.29, 0.717) is 18.0 Å². The zero-order valence-electron chi connectivity index (χ0n) is 13.6. The van der Waals surface area contributed by atoms with Crippen LogP contribution in [-0.4, -0.2) is 40.1 Å². The summed E-state index contributed by atoms with van der Waals surface area (Å²) in [5, 5.41) is 2.65. The number of thiocarbonyl (C=S) groups is 1. The van der Waals surface area contributed by atoms with E-state index in [4.69, 9.17) is 17.0 Å². The molecule has 1 aromatic carbocycles. The molecule has 1 atom stereocenters. The van der Waals surface area contributed by atoms with E-state index in [1.54, 1.807) is 0 Å². The van der Waals surface area contributed by atoms with Crippen LogP contribution in [-0.2, 0) is 4.79 Å². The first-order valence-corrected chi connectivity index (χ1v) is 8.80. The second-order valence-corrected chi connectivity index (χ2v) is 6.59. The van der Waals surface area contributed by atoms with Crippen LogP contribution in [0.4, 0.5) is 5.69 Å². The quantitative estimate of drug-likeness (QED) is 0.765. The number of nitrogens with one attached hydrogen (secondary N) is 1. The minimum Gasteiger partial charge on any atom is -0.492 e. The summed E-state index contributed by atoms with van der Waals surface area (Å²) in [4.78, 5) is 14.4. The normalized spacial score (nSPS) is 11.6. The van der Waals surface area contributed by atoms with Crippen LogP contribution >= 0.6 is 24.0 Å². The van der Waals surface area contributed by atoms with Crippen LogP contribution in [0.25, 0.3) is 0 Å². The Labute approximate surface area is 142 Å². The van der Waals surface area contributed by atoms with Crippen molar-refractivity contribution in [2.24, 2.45) is 0 Å². The fraction of sp³-hybridized carbons (Fsp3) is 0.500. The van der Waals surface area contributed by atoms with E-state index in [-0.39, 0.29) is 11.2 Å². The molecule has 0 bridgehead atoms. The Morgan fingerprint density at radius 1 is 1.32 bits per heavy atom. The number of rotatable bonds is 7. The van der Waals surface area contributed by atoms with Crippen molar-refractivity contribution in [1.82, 2.24) is 4.90 Å². The van der Waals surface area contributed by atoms with Gasteiger partial charge in [-0.1, -0.05) is 36.1 Å². The van der Waals surface area contributed by atoms with Crippen LogP contribution in [0.5, 0.6) is 5.75 Å². The molecule has 6 heteroatoms. The lowest BCUT2D eigenvalue weighted by Crippen LogP contribution is -2.31. The van der Waals surface area contributed by atoms with Crippen LogP contribution in [0, 0.1) is 0 Å². The molecule has 1 amide bonds. The van der Waals surface area contributed by atoms with Crippen molar-refractivity contribution in [2.45, 2.75) is 32.9 Å². The molecule has 122 valence electrons. The highest BCUT2D eigenvalue weighted by Gasteiger charge is 2.19. The third-order valence-corrected chi connectivity index (χ3v) is 4.69. The van der Waals surface area contributed by atoms with Gasteiger partial charge in [-0.25, -0.2) is 0 Å². The topological polar surface area (TPSA) is 41.6 Å². The van der Waals surface area contributed by atoms with E-state index < -0.39 is 0 Å². The summed E-state index contributed by atoms with van der Waals surface area (Å²) < 4.78 is 6.27. The standard InChI is InChI=1S/C16H24N2O2S2/c1-5-18(6-2)16(21)22-12(4)15(19)17-13-10-8-9-11-14(13)20-7-3/h8-12H,5-7H2,1-4H3,(H,17,19)/t12-/m1/s1. The van der Waals surface area contributed by atoms with Crippen molar-refractivity contribution in [2.75, 3.05) is 25.0 Å². The molecule has 0 saturated carbocycles. The molecule has 0 heterocycles. The number of benzene rings is 1. The number of carbonyl (C=O) groups is 1. The number of anilines is 1. The second-order valence-electron chi connectivity index (χ2n) is 4.62. The summed E-state index contributed by atoms with van der Waals surface area (Å²) in [5.74, 6) is 0.605. The van der Waals surface area contributed by atoms with Crippen LogP contribution in [0.2, 0.25) is 0 Å². The summed E-state index contributed by atoms with van der Waals surface area (Å²) in [6.07, 6.45) is 0. The van der Waals surface area contributed by atoms with E-state index >= 15 is 0 Å². The van der Waals surface area contributed by atoms with E-state index in [0.717, 1.165) is 17.4 Å². The first-order chi connectivity index (χ1) is 10.5. The molecule has 0 aliphatic rings. The Balaban J connectivity index is 2.67. The highest BCUT2D eigenvalue weighted by molar-refractivity contribution is 8.23. The molecule has 1 N–H and O–H groups in total. The van der Waals surface area contributed by atoms with E-state index in [1.807, 2.05) is 38.1 Å². The summed E-state index contributed by atoms with van der Waals surface area (Å²) in [7, 11) is 0. The molecular weight excluding hydrogens is 316 g/mol. The van der Waals surface area contributed by atoms with Crippen LogP contribution in [0.15, 0.2) is 24.3 Å². The molecule has 0 radical (unpaired) electrons. The predicted molar refractivity (Wildman–Crippen MR) is 98.8 cm³/mol. The average Bonchev–Trinajstić information content (AvgIpc) is 2.50. The predicted octanol–water partition coefficient (Wildman–Crippen LogP) is 3.77. The number of hydrogen-bond donors (Lipinski definition) is 1. The third kappa shape index (κ3) is 5.50. The number of nitrogens with zero attached hydrogens (tertiary/aromatic N) is 1. The van der Waals surface area contributed by atoms with Crippen molar-refractivity contribution in [3.8, 4) is 5.75 Å². The second kappa shape index (κ2) is 9.69. The Hall–Kier alpha value is -1.27. The van der Waals surface area contributed by atoms with Gasteiger partial charge in [-0.05, 0) is 39.8 Å². The molecule has 0 aliphatic carbocycles. The van der Waals surface area contributed by atoms with Gasteiger partial charge in [0, 0.05) is 13.1 Å². The largest absolute Gasteiger partial charge is 0.492 e. The molecule has 4 nitrogen and oxygen atoms in total. The summed E-state index contributed by atoms with van der Waals surface area (Å²) >= 11 is 6.79. The van der Waals surface area contributed by atoms with Crippen molar-refractivity contribution < 1.29 is 9.53 Å². The molecule has 0 unspecified atom stereocenters. The fourth-order valence-corrected chi connectivity index (χ4v) is 3.41. The molecule has 0 aliphatic heterocycles. The molecule has 0 fully saturated rings. The van der Waals surface area contributed by atoms with Gasteiger partial charge in [0.1, 0.15) is 10.1 Å². The number of thioether (sulfide) groups is 1. The van der Waals surface area contributed by atoms with Gasteiger partial charge in [-0.15, -0.1) is 0 Å². The SMILES string of the molecule is CCOc1ccccc1NC(=O)[C@@H](C)SC(=S)N(CC)CC. The number of ether oxygens (including phenoxy) is 1. The minimum absolute atomic E-state index is 0.0772. The van der Waals surface area contributed by atoms with Crippen molar-refractivity contribution in [3.05, 3.63) is 24.3 Å². The Bertz CT molecular complexity index is 505. The Morgan fingerprint density at radius 2 is 1.95 bits per heavy atom. The van der Waals surface area contributed by atoms with Gasteiger partial charge in [0.2, 0.25) is 5.91 Å². The summed E-state index contributed by atoms with van der Waals surface area (Å²) in [6, 6.07) is 7.44. The highest BCUT2D eigenvalue weighted by Crippen LogP contribution is 2.25. The fourth-order valence-electron chi connectivity index (χ4n) is 1.85. The van der Waals surface area contributed by atoms with E-state index in [2.05, 4.69) is 24.1 Å². The molecule has 1 rings (SSSR count). The Morgan fingerprint density at radius 3 is 2.55 bits per heavy atom. The monoisotopic (exact) mass is 340 g/mol. The van der Waals surface area contributed by atoms with E-state index in [9.17, 15) is 4.79 Å². The summed E-state index contributed by atoms with van der Waals surface area (Å²) in [5.41, 5.74) is 0.690. The lowest BCUT2D eigenvalue weighted by Gasteiger charge is -2.23. The minimum atomic E-state index is -0.261. The van der Waals surface area contributed by atoms with Crippen molar-refractivity contribution in [3.63, 3.8) is 0 Å². The van der Waals surface area contributed by atoms with E-state index in [1.165, 1.54) is 11.8 Å². The molecular formula is C16H24N2O2S2. The maximum Gasteiger partial charge on any atom is 0.237 e. The zero-order chi connectivity index (χ0) is 16.5. The van der Waals surface area contributed by atoms with Crippen LogP contribution in [0.1, 0.15) is 27.7 Å². The van der Waals surface area contributed by atoms with Gasteiger partial charge < -0.3 is 15.0 Å².